The van der Waals surface area contributed by atoms with Crippen LogP contribution in [0.3, 0.4) is 0 Å². The van der Waals surface area contributed by atoms with Gasteiger partial charge in [0, 0.05) is 11.6 Å². The summed E-state index contributed by atoms with van der Waals surface area (Å²) in [5.41, 5.74) is 1.99. The average molecular weight is 241 g/mol. The molecule has 0 saturated heterocycles. The van der Waals surface area contributed by atoms with E-state index in [-0.39, 0.29) is 12.0 Å². The van der Waals surface area contributed by atoms with Gasteiger partial charge in [0.25, 0.3) is 0 Å². The lowest BCUT2D eigenvalue weighted by Crippen LogP contribution is -2.20. The van der Waals surface area contributed by atoms with Crippen molar-refractivity contribution < 1.29 is 13.5 Å². The Morgan fingerprint density at radius 1 is 1.29 bits per heavy atom. The lowest BCUT2D eigenvalue weighted by Gasteiger charge is -2.17. The van der Waals surface area contributed by atoms with Gasteiger partial charge in [-0.05, 0) is 30.5 Å². The summed E-state index contributed by atoms with van der Waals surface area (Å²) in [6.45, 7) is 1.41. The third-order valence-corrected chi connectivity index (χ3v) is 3.73. The van der Waals surface area contributed by atoms with Gasteiger partial charge >= 0.3 is 6.61 Å². The van der Waals surface area contributed by atoms with Crippen LogP contribution in [0.4, 0.5) is 8.78 Å². The minimum absolute atomic E-state index is 0.209. The van der Waals surface area contributed by atoms with E-state index < -0.39 is 6.61 Å². The standard InChI is InChI=1S/C13H17F2NO/c1-7-8(2)12(16-3)9-5-4-6-10(11(7)9)17-13(14)15/h4-8,12-13,16H,1-3H3. The predicted molar refractivity (Wildman–Crippen MR) is 62.5 cm³/mol. The summed E-state index contributed by atoms with van der Waals surface area (Å²) in [5, 5.41) is 3.24. The molecule has 3 unspecified atom stereocenters. The number of ether oxygens (including phenoxy) is 1. The van der Waals surface area contributed by atoms with Crippen molar-refractivity contribution in [1.29, 1.82) is 0 Å². The first-order valence-electron chi connectivity index (χ1n) is 5.81. The number of halogens is 2. The van der Waals surface area contributed by atoms with E-state index in [0.29, 0.717) is 11.7 Å². The number of benzene rings is 1. The number of hydrogen-bond donors (Lipinski definition) is 1. The third-order valence-electron chi connectivity index (χ3n) is 3.73. The van der Waals surface area contributed by atoms with Gasteiger partial charge in [-0.15, -0.1) is 0 Å². The molecule has 2 rings (SSSR count). The van der Waals surface area contributed by atoms with Gasteiger partial charge in [0.2, 0.25) is 0 Å². The SMILES string of the molecule is CNC1c2cccc(OC(F)F)c2C(C)C1C. The fraction of sp³-hybridized carbons (Fsp3) is 0.538. The molecule has 1 aromatic rings. The van der Waals surface area contributed by atoms with E-state index in [2.05, 4.69) is 23.9 Å². The molecule has 4 heteroatoms. The normalized spacial score (nSPS) is 27.3. The van der Waals surface area contributed by atoms with Crippen LogP contribution < -0.4 is 10.1 Å². The molecule has 1 aromatic carbocycles. The maximum Gasteiger partial charge on any atom is 0.387 e. The highest BCUT2D eigenvalue weighted by Gasteiger charge is 2.36. The summed E-state index contributed by atoms with van der Waals surface area (Å²) in [4.78, 5) is 0. The zero-order valence-corrected chi connectivity index (χ0v) is 10.2. The van der Waals surface area contributed by atoms with Gasteiger partial charge in [0.15, 0.2) is 0 Å². The van der Waals surface area contributed by atoms with Gasteiger partial charge < -0.3 is 10.1 Å². The van der Waals surface area contributed by atoms with Crippen LogP contribution in [0.25, 0.3) is 0 Å². The molecule has 0 spiro atoms. The highest BCUT2D eigenvalue weighted by atomic mass is 19.3. The van der Waals surface area contributed by atoms with Gasteiger partial charge in [-0.2, -0.15) is 8.78 Å². The zero-order chi connectivity index (χ0) is 12.6. The van der Waals surface area contributed by atoms with E-state index in [1.807, 2.05) is 13.1 Å². The molecule has 0 saturated carbocycles. The molecule has 0 radical (unpaired) electrons. The van der Waals surface area contributed by atoms with Crippen molar-refractivity contribution in [2.75, 3.05) is 7.05 Å². The topological polar surface area (TPSA) is 21.3 Å². The van der Waals surface area contributed by atoms with Crippen LogP contribution in [-0.4, -0.2) is 13.7 Å². The number of fused-ring (bicyclic) bond motifs is 1. The monoisotopic (exact) mass is 241 g/mol. The van der Waals surface area contributed by atoms with Crippen LogP contribution >= 0.6 is 0 Å². The van der Waals surface area contributed by atoms with Crippen molar-refractivity contribution >= 4 is 0 Å². The van der Waals surface area contributed by atoms with Gasteiger partial charge in [-0.3, -0.25) is 0 Å². The summed E-state index contributed by atoms with van der Waals surface area (Å²) >= 11 is 0. The van der Waals surface area contributed by atoms with Crippen molar-refractivity contribution in [2.45, 2.75) is 32.4 Å². The number of alkyl halides is 2. The van der Waals surface area contributed by atoms with Gasteiger partial charge in [-0.25, -0.2) is 0 Å². The van der Waals surface area contributed by atoms with Gasteiger partial charge in [-0.1, -0.05) is 26.0 Å². The predicted octanol–water partition coefficient (Wildman–Crippen LogP) is 3.30. The second-order valence-corrected chi connectivity index (χ2v) is 4.55. The fourth-order valence-electron chi connectivity index (χ4n) is 2.77. The smallest absolute Gasteiger partial charge is 0.387 e. The van der Waals surface area contributed by atoms with E-state index >= 15 is 0 Å². The minimum atomic E-state index is -2.77. The van der Waals surface area contributed by atoms with Crippen LogP contribution in [-0.2, 0) is 0 Å². The van der Waals surface area contributed by atoms with E-state index in [0.717, 1.165) is 11.1 Å². The van der Waals surface area contributed by atoms with Gasteiger partial charge in [0.05, 0.1) is 0 Å². The quantitative estimate of drug-likeness (QED) is 0.876. The Morgan fingerprint density at radius 2 is 2.00 bits per heavy atom. The molecule has 0 bridgehead atoms. The second-order valence-electron chi connectivity index (χ2n) is 4.55. The van der Waals surface area contributed by atoms with E-state index in [1.165, 1.54) is 0 Å². The molecule has 0 aliphatic heterocycles. The highest BCUT2D eigenvalue weighted by Crippen LogP contribution is 2.48. The molecule has 0 amide bonds. The van der Waals surface area contributed by atoms with Crippen molar-refractivity contribution in [2.24, 2.45) is 5.92 Å². The van der Waals surface area contributed by atoms with Crippen LogP contribution in [0.1, 0.15) is 36.9 Å². The van der Waals surface area contributed by atoms with E-state index in [9.17, 15) is 8.78 Å². The Labute approximate surface area is 100.0 Å². The molecule has 0 fully saturated rings. The average Bonchev–Trinajstić information content (AvgIpc) is 2.52. The van der Waals surface area contributed by atoms with Crippen LogP contribution in [0.5, 0.6) is 5.75 Å². The van der Waals surface area contributed by atoms with Gasteiger partial charge in [0.1, 0.15) is 5.75 Å². The van der Waals surface area contributed by atoms with E-state index in [1.54, 1.807) is 12.1 Å². The van der Waals surface area contributed by atoms with Crippen LogP contribution in [0, 0.1) is 5.92 Å². The molecule has 1 N–H and O–H groups in total. The number of nitrogens with one attached hydrogen (secondary N) is 1. The van der Waals surface area contributed by atoms with Crippen molar-refractivity contribution in [1.82, 2.24) is 5.32 Å². The molecule has 17 heavy (non-hydrogen) atoms. The Bertz CT molecular complexity index is 408. The van der Waals surface area contributed by atoms with E-state index in [4.69, 9.17) is 0 Å². The molecular weight excluding hydrogens is 224 g/mol. The minimum Gasteiger partial charge on any atom is -0.435 e. The lowest BCUT2D eigenvalue weighted by molar-refractivity contribution is -0.0505. The summed E-state index contributed by atoms with van der Waals surface area (Å²) in [5.74, 6) is 0.907. The molecule has 1 aliphatic rings. The zero-order valence-electron chi connectivity index (χ0n) is 10.2. The maximum absolute atomic E-state index is 12.4. The fourth-order valence-corrected chi connectivity index (χ4v) is 2.77. The first kappa shape index (κ1) is 12.3. The summed E-state index contributed by atoms with van der Waals surface area (Å²) in [7, 11) is 1.89. The number of rotatable bonds is 3. The molecule has 94 valence electrons. The maximum atomic E-state index is 12.4. The first-order valence-corrected chi connectivity index (χ1v) is 5.81. The Morgan fingerprint density at radius 3 is 2.59 bits per heavy atom. The second kappa shape index (κ2) is 4.61. The lowest BCUT2D eigenvalue weighted by atomic mass is 9.94. The molecule has 0 aromatic heterocycles. The Hall–Kier alpha value is -1.16. The largest absolute Gasteiger partial charge is 0.435 e. The van der Waals surface area contributed by atoms with Crippen LogP contribution in [0.15, 0.2) is 18.2 Å². The molecule has 2 nitrogen and oxygen atoms in total. The molecule has 1 aliphatic carbocycles. The van der Waals surface area contributed by atoms with Crippen molar-refractivity contribution in [3.63, 3.8) is 0 Å². The Balaban J connectivity index is 2.45. The number of hydrogen-bond acceptors (Lipinski definition) is 2. The third kappa shape index (κ3) is 2.02. The first-order chi connectivity index (χ1) is 8.06. The summed E-state index contributed by atoms with van der Waals surface area (Å²) < 4.78 is 29.3. The Kier molecular flexibility index (Phi) is 3.33. The van der Waals surface area contributed by atoms with Crippen molar-refractivity contribution in [3.05, 3.63) is 29.3 Å². The molecule has 0 heterocycles. The summed E-state index contributed by atoms with van der Waals surface area (Å²) in [6.07, 6.45) is 0. The molecule has 3 atom stereocenters. The molecular formula is C13H17F2NO. The van der Waals surface area contributed by atoms with Crippen molar-refractivity contribution in [3.8, 4) is 5.75 Å². The summed E-state index contributed by atoms with van der Waals surface area (Å²) in [6, 6.07) is 5.58. The highest BCUT2D eigenvalue weighted by molar-refractivity contribution is 5.48. The van der Waals surface area contributed by atoms with Crippen LogP contribution in [0.2, 0.25) is 0 Å².